The summed E-state index contributed by atoms with van der Waals surface area (Å²) in [5.74, 6) is 0.0823. The van der Waals surface area contributed by atoms with Crippen molar-refractivity contribution in [2.45, 2.75) is 63.1 Å². The number of hydrogen-bond donors (Lipinski definition) is 1. The Morgan fingerprint density at radius 1 is 1.06 bits per heavy atom. The molecule has 2 fully saturated rings. The molecular weight excluding hydrogens is 230 g/mol. The van der Waals surface area contributed by atoms with Crippen molar-refractivity contribution in [1.82, 2.24) is 5.32 Å². The molecule has 1 N–H and O–H groups in total. The molecule has 4 heteroatoms. The number of esters is 1. The highest BCUT2D eigenvalue weighted by atomic mass is 16.5. The highest BCUT2D eigenvalue weighted by Gasteiger charge is 2.32. The van der Waals surface area contributed by atoms with Crippen LogP contribution in [0.2, 0.25) is 0 Å². The van der Waals surface area contributed by atoms with Gasteiger partial charge in [-0.25, -0.2) is 0 Å². The summed E-state index contributed by atoms with van der Waals surface area (Å²) in [6.45, 7) is 0. The summed E-state index contributed by atoms with van der Waals surface area (Å²) < 4.78 is 10.3. The van der Waals surface area contributed by atoms with Gasteiger partial charge in [0.2, 0.25) is 0 Å². The van der Waals surface area contributed by atoms with Crippen LogP contribution in [-0.2, 0) is 14.3 Å². The molecule has 0 radical (unpaired) electrons. The van der Waals surface area contributed by atoms with Crippen LogP contribution in [0.25, 0.3) is 0 Å². The summed E-state index contributed by atoms with van der Waals surface area (Å²) in [7, 11) is 3.28. The smallest absolute Gasteiger partial charge is 0.308 e. The van der Waals surface area contributed by atoms with Crippen LogP contribution in [0.3, 0.4) is 0 Å². The summed E-state index contributed by atoms with van der Waals surface area (Å²) in [4.78, 5) is 11.5. The van der Waals surface area contributed by atoms with Crippen molar-refractivity contribution in [3.05, 3.63) is 0 Å². The first-order chi connectivity index (χ1) is 8.74. The summed E-state index contributed by atoms with van der Waals surface area (Å²) in [5, 5.41) is 3.72. The lowest BCUT2D eigenvalue weighted by Gasteiger charge is -2.31. The van der Waals surface area contributed by atoms with E-state index in [0.717, 1.165) is 25.7 Å². The molecular formula is C14H25NO3. The number of hydrogen-bond acceptors (Lipinski definition) is 4. The van der Waals surface area contributed by atoms with Crippen molar-refractivity contribution >= 4 is 5.97 Å². The van der Waals surface area contributed by atoms with E-state index in [-0.39, 0.29) is 11.9 Å². The van der Waals surface area contributed by atoms with Crippen LogP contribution in [0.4, 0.5) is 0 Å². The van der Waals surface area contributed by atoms with E-state index in [2.05, 4.69) is 5.32 Å². The fraction of sp³-hybridized carbons (Fsp3) is 0.929. The number of carbonyl (C=O) groups excluding carboxylic acids is 1. The zero-order chi connectivity index (χ0) is 13.0. The second-order valence-electron chi connectivity index (χ2n) is 5.55. The van der Waals surface area contributed by atoms with Gasteiger partial charge in [0.25, 0.3) is 0 Å². The van der Waals surface area contributed by atoms with Gasteiger partial charge in [0.15, 0.2) is 0 Å². The molecule has 18 heavy (non-hydrogen) atoms. The Kier molecular flexibility index (Phi) is 5.01. The molecule has 0 heterocycles. The summed E-state index contributed by atoms with van der Waals surface area (Å²) in [6.07, 6.45) is 8.08. The molecule has 0 aromatic heterocycles. The second kappa shape index (κ2) is 6.53. The van der Waals surface area contributed by atoms with Gasteiger partial charge in [-0.05, 0) is 44.9 Å². The minimum atomic E-state index is -0.0379. The van der Waals surface area contributed by atoms with Crippen LogP contribution in [0.1, 0.15) is 44.9 Å². The predicted octanol–water partition coefficient (Wildman–Crippen LogP) is 1.88. The van der Waals surface area contributed by atoms with Crippen LogP contribution in [-0.4, -0.2) is 38.4 Å². The largest absolute Gasteiger partial charge is 0.469 e. The quantitative estimate of drug-likeness (QED) is 0.779. The third-order valence-electron chi connectivity index (χ3n) is 4.47. The lowest BCUT2D eigenvalue weighted by atomic mass is 9.85. The van der Waals surface area contributed by atoms with Crippen molar-refractivity contribution in [3.63, 3.8) is 0 Å². The van der Waals surface area contributed by atoms with E-state index in [4.69, 9.17) is 9.47 Å². The zero-order valence-corrected chi connectivity index (χ0v) is 11.5. The lowest BCUT2D eigenvalue weighted by Crippen LogP contribution is -2.45. The Hall–Kier alpha value is -0.610. The average molecular weight is 255 g/mol. The SMILES string of the molecule is COC(=O)C1CCC(NC2CCCC2OC)CC1. The molecule has 0 saturated heterocycles. The molecule has 2 atom stereocenters. The minimum absolute atomic E-state index is 0.0379. The van der Waals surface area contributed by atoms with Crippen molar-refractivity contribution in [1.29, 1.82) is 0 Å². The van der Waals surface area contributed by atoms with E-state index in [1.807, 2.05) is 0 Å². The highest BCUT2D eigenvalue weighted by Crippen LogP contribution is 2.28. The van der Waals surface area contributed by atoms with Gasteiger partial charge in [0.1, 0.15) is 0 Å². The topological polar surface area (TPSA) is 47.6 Å². The molecule has 0 aromatic rings. The zero-order valence-electron chi connectivity index (χ0n) is 11.5. The van der Waals surface area contributed by atoms with Gasteiger partial charge in [-0.3, -0.25) is 4.79 Å². The number of methoxy groups -OCH3 is 2. The molecule has 2 aliphatic carbocycles. The van der Waals surface area contributed by atoms with Crippen LogP contribution in [0.15, 0.2) is 0 Å². The van der Waals surface area contributed by atoms with Crippen LogP contribution < -0.4 is 5.32 Å². The van der Waals surface area contributed by atoms with Crippen LogP contribution in [0.5, 0.6) is 0 Å². The fourth-order valence-electron chi connectivity index (χ4n) is 3.36. The van der Waals surface area contributed by atoms with Gasteiger partial charge in [-0.2, -0.15) is 0 Å². The third-order valence-corrected chi connectivity index (χ3v) is 4.47. The number of nitrogens with one attached hydrogen (secondary N) is 1. The first-order valence-electron chi connectivity index (χ1n) is 7.11. The highest BCUT2D eigenvalue weighted by molar-refractivity contribution is 5.72. The Morgan fingerprint density at radius 3 is 2.39 bits per heavy atom. The van der Waals surface area contributed by atoms with E-state index in [1.54, 1.807) is 7.11 Å². The number of ether oxygens (including phenoxy) is 2. The summed E-state index contributed by atoms with van der Waals surface area (Å²) in [6, 6.07) is 1.06. The van der Waals surface area contributed by atoms with Gasteiger partial charge in [0, 0.05) is 19.2 Å². The Balaban J connectivity index is 1.75. The van der Waals surface area contributed by atoms with E-state index < -0.39 is 0 Å². The summed E-state index contributed by atoms with van der Waals surface area (Å²) >= 11 is 0. The molecule has 0 spiro atoms. The maximum absolute atomic E-state index is 11.5. The first-order valence-corrected chi connectivity index (χ1v) is 7.11. The average Bonchev–Trinajstić information content (AvgIpc) is 2.86. The van der Waals surface area contributed by atoms with E-state index >= 15 is 0 Å². The van der Waals surface area contributed by atoms with Crippen molar-refractivity contribution in [3.8, 4) is 0 Å². The third kappa shape index (κ3) is 3.23. The molecule has 0 amide bonds. The van der Waals surface area contributed by atoms with Gasteiger partial charge in [-0.1, -0.05) is 0 Å². The molecule has 2 rings (SSSR count). The van der Waals surface area contributed by atoms with Gasteiger partial charge >= 0.3 is 5.97 Å². The maximum Gasteiger partial charge on any atom is 0.308 e. The first kappa shape index (κ1) is 13.8. The molecule has 2 aliphatic rings. The molecule has 0 aliphatic heterocycles. The van der Waals surface area contributed by atoms with E-state index in [1.165, 1.54) is 26.4 Å². The maximum atomic E-state index is 11.5. The molecule has 2 saturated carbocycles. The van der Waals surface area contributed by atoms with Gasteiger partial charge < -0.3 is 14.8 Å². The number of rotatable bonds is 4. The molecule has 0 bridgehead atoms. The molecule has 104 valence electrons. The normalized spacial score (nSPS) is 36.6. The lowest BCUT2D eigenvalue weighted by molar-refractivity contribution is -0.146. The Labute approximate surface area is 109 Å². The number of carbonyl (C=O) groups is 1. The van der Waals surface area contributed by atoms with E-state index in [0.29, 0.717) is 18.2 Å². The summed E-state index contributed by atoms with van der Waals surface area (Å²) in [5.41, 5.74) is 0. The van der Waals surface area contributed by atoms with Crippen LogP contribution >= 0.6 is 0 Å². The Morgan fingerprint density at radius 2 is 1.78 bits per heavy atom. The van der Waals surface area contributed by atoms with E-state index in [9.17, 15) is 4.79 Å². The minimum Gasteiger partial charge on any atom is -0.469 e. The fourth-order valence-corrected chi connectivity index (χ4v) is 3.36. The van der Waals surface area contributed by atoms with Gasteiger partial charge in [0.05, 0.1) is 19.1 Å². The predicted molar refractivity (Wildman–Crippen MR) is 69.3 cm³/mol. The Bertz CT molecular complexity index is 274. The molecule has 4 nitrogen and oxygen atoms in total. The van der Waals surface area contributed by atoms with Gasteiger partial charge in [-0.15, -0.1) is 0 Å². The molecule has 0 aromatic carbocycles. The van der Waals surface area contributed by atoms with Crippen molar-refractivity contribution in [2.75, 3.05) is 14.2 Å². The van der Waals surface area contributed by atoms with Crippen molar-refractivity contribution in [2.24, 2.45) is 5.92 Å². The van der Waals surface area contributed by atoms with Crippen LogP contribution in [0, 0.1) is 5.92 Å². The van der Waals surface area contributed by atoms with Crippen molar-refractivity contribution < 1.29 is 14.3 Å². The molecule has 2 unspecified atom stereocenters. The standard InChI is InChI=1S/C14H25NO3/c1-17-13-5-3-4-12(13)15-11-8-6-10(7-9-11)14(16)18-2/h10-13,15H,3-9H2,1-2H3. The second-order valence-corrected chi connectivity index (χ2v) is 5.55. The monoisotopic (exact) mass is 255 g/mol.